The Morgan fingerprint density at radius 1 is 1.39 bits per heavy atom. The number of carbonyl (C=O) groups is 1. The number of methoxy groups -OCH3 is 1. The van der Waals surface area contributed by atoms with Crippen LogP contribution in [0.2, 0.25) is 0 Å². The van der Waals surface area contributed by atoms with E-state index in [1.165, 1.54) is 0 Å². The number of carbonyl (C=O) groups excluding carboxylic acids is 1. The average Bonchev–Trinajstić information content (AvgIpc) is 3.40. The van der Waals surface area contributed by atoms with E-state index >= 15 is 0 Å². The second-order valence-corrected chi connectivity index (χ2v) is 6.09. The molecule has 4 heterocycles. The highest BCUT2D eigenvalue weighted by Gasteiger charge is 2.24. The zero-order chi connectivity index (χ0) is 19.5. The summed E-state index contributed by atoms with van der Waals surface area (Å²) in [4.78, 5) is 20.7. The molecule has 0 bridgehead atoms. The van der Waals surface area contributed by atoms with E-state index in [1.54, 1.807) is 43.0 Å². The van der Waals surface area contributed by atoms with Crippen LogP contribution >= 0.6 is 0 Å². The van der Waals surface area contributed by atoms with E-state index in [0.29, 0.717) is 47.3 Å². The van der Waals surface area contributed by atoms with Gasteiger partial charge in [-0.15, -0.1) is 0 Å². The number of nitrogens with zero attached hydrogens (tertiary/aromatic N) is 3. The smallest absolute Gasteiger partial charge is 0.254 e. The first kappa shape index (κ1) is 18.2. The molecular weight excluding hydrogens is 364 g/mol. The number of hydrogen-bond acceptors (Lipinski definition) is 7. The lowest BCUT2D eigenvalue weighted by Gasteiger charge is -2.15. The summed E-state index contributed by atoms with van der Waals surface area (Å²) in [6.45, 7) is 1.23. The topological polar surface area (TPSA) is 96.2 Å². The van der Waals surface area contributed by atoms with Crippen LogP contribution in [-0.4, -0.2) is 47.6 Å². The summed E-state index contributed by atoms with van der Waals surface area (Å²) < 4.78 is 24.1. The summed E-state index contributed by atoms with van der Waals surface area (Å²) in [5, 5.41) is 2.62. The van der Waals surface area contributed by atoms with Crippen LogP contribution in [0.3, 0.4) is 0 Å². The molecule has 28 heavy (non-hydrogen) atoms. The second-order valence-electron chi connectivity index (χ2n) is 6.09. The van der Waals surface area contributed by atoms with Crippen molar-refractivity contribution in [2.45, 2.75) is 12.9 Å². The van der Waals surface area contributed by atoms with Crippen LogP contribution in [0.5, 0.6) is 11.6 Å². The molecule has 1 fully saturated rings. The fraction of sp³-hybridized carbons (Fsp3) is 0.316. The predicted molar refractivity (Wildman–Crippen MR) is 98.3 cm³/mol. The maximum atomic E-state index is 12.0. The van der Waals surface area contributed by atoms with Crippen molar-refractivity contribution in [2.75, 3.05) is 27.4 Å². The van der Waals surface area contributed by atoms with Crippen LogP contribution in [0, 0.1) is 0 Å². The molecule has 0 saturated carbocycles. The SMILES string of the molecule is CNC(=O)c1cccn2cc(COc3cnc(OC)cc3C3OCCO3)nc12. The van der Waals surface area contributed by atoms with Gasteiger partial charge in [-0.2, -0.15) is 0 Å². The van der Waals surface area contributed by atoms with Crippen LogP contribution < -0.4 is 14.8 Å². The predicted octanol–water partition coefficient (Wildman–Crippen LogP) is 1.72. The van der Waals surface area contributed by atoms with Crippen molar-refractivity contribution >= 4 is 11.6 Å². The molecule has 0 aliphatic carbocycles. The summed E-state index contributed by atoms with van der Waals surface area (Å²) in [5.41, 5.74) is 2.44. The number of rotatable bonds is 6. The number of pyridine rings is 2. The Hall–Kier alpha value is -3.17. The van der Waals surface area contributed by atoms with Crippen molar-refractivity contribution in [1.82, 2.24) is 19.7 Å². The van der Waals surface area contributed by atoms with Gasteiger partial charge in [0.2, 0.25) is 5.88 Å². The molecule has 0 radical (unpaired) electrons. The molecular formula is C19H20N4O5. The van der Waals surface area contributed by atoms with Gasteiger partial charge in [0.05, 0.1) is 43.3 Å². The molecule has 4 rings (SSSR count). The zero-order valence-electron chi connectivity index (χ0n) is 15.5. The van der Waals surface area contributed by atoms with Crippen molar-refractivity contribution < 1.29 is 23.7 Å². The molecule has 1 N–H and O–H groups in total. The Kier molecular flexibility index (Phi) is 5.09. The standard InChI is InChI=1S/C19H20N4O5/c1-20-18(24)13-4-3-5-23-10-12(22-17(13)23)11-28-15-9-21-16(25-2)8-14(15)19-26-6-7-27-19/h3-5,8-10,19H,6-7,11H2,1-2H3,(H,20,24). The van der Waals surface area contributed by atoms with Gasteiger partial charge in [-0.05, 0) is 12.1 Å². The lowest BCUT2D eigenvalue weighted by molar-refractivity contribution is -0.0461. The van der Waals surface area contributed by atoms with Gasteiger partial charge in [0.1, 0.15) is 18.0 Å². The number of amides is 1. The molecule has 1 saturated heterocycles. The van der Waals surface area contributed by atoms with E-state index in [2.05, 4.69) is 15.3 Å². The number of ether oxygens (including phenoxy) is 4. The fourth-order valence-electron chi connectivity index (χ4n) is 2.99. The Balaban J connectivity index is 1.58. The van der Waals surface area contributed by atoms with Gasteiger partial charge in [-0.1, -0.05) is 0 Å². The van der Waals surface area contributed by atoms with Crippen LogP contribution in [-0.2, 0) is 16.1 Å². The molecule has 0 aromatic carbocycles. The Bertz CT molecular complexity index is 997. The van der Waals surface area contributed by atoms with Gasteiger partial charge < -0.3 is 28.7 Å². The van der Waals surface area contributed by atoms with E-state index in [0.717, 1.165) is 0 Å². The molecule has 0 spiro atoms. The van der Waals surface area contributed by atoms with Crippen LogP contribution in [0.15, 0.2) is 36.8 Å². The van der Waals surface area contributed by atoms with Crippen molar-refractivity contribution in [3.8, 4) is 11.6 Å². The zero-order valence-corrected chi connectivity index (χ0v) is 15.5. The third-order valence-electron chi connectivity index (χ3n) is 4.34. The summed E-state index contributed by atoms with van der Waals surface area (Å²) >= 11 is 0. The largest absolute Gasteiger partial charge is 0.485 e. The van der Waals surface area contributed by atoms with E-state index in [9.17, 15) is 4.79 Å². The minimum Gasteiger partial charge on any atom is -0.485 e. The number of nitrogens with one attached hydrogen (secondary N) is 1. The Labute approximate surface area is 161 Å². The van der Waals surface area contributed by atoms with E-state index in [1.807, 2.05) is 12.4 Å². The fourth-order valence-corrected chi connectivity index (χ4v) is 2.99. The van der Waals surface area contributed by atoms with Crippen molar-refractivity contribution in [3.05, 3.63) is 53.6 Å². The first-order valence-corrected chi connectivity index (χ1v) is 8.78. The molecule has 0 unspecified atom stereocenters. The summed E-state index contributed by atoms with van der Waals surface area (Å²) in [6, 6.07) is 5.26. The third-order valence-corrected chi connectivity index (χ3v) is 4.34. The van der Waals surface area contributed by atoms with Crippen molar-refractivity contribution in [2.24, 2.45) is 0 Å². The molecule has 1 aliphatic heterocycles. The third kappa shape index (κ3) is 3.49. The summed E-state index contributed by atoms with van der Waals surface area (Å²) in [7, 11) is 3.13. The number of hydrogen-bond donors (Lipinski definition) is 1. The maximum absolute atomic E-state index is 12.0. The van der Waals surface area contributed by atoms with Gasteiger partial charge in [-0.3, -0.25) is 4.79 Å². The summed E-state index contributed by atoms with van der Waals surface area (Å²) in [5.74, 6) is 0.779. The highest BCUT2D eigenvalue weighted by atomic mass is 16.7. The van der Waals surface area contributed by atoms with Crippen molar-refractivity contribution in [3.63, 3.8) is 0 Å². The number of fused-ring (bicyclic) bond motifs is 1. The molecule has 1 aliphatic rings. The Morgan fingerprint density at radius 3 is 2.96 bits per heavy atom. The maximum Gasteiger partial charge on any atom is 0.254 e. The molecule has 3 aromatic heterocycles. The van der Waals surface area contributed by atoms with E-state index in [4.69, 9.17) is 18.9 Å². The number of aromatic nitrogens is 3. The lowest BCUT2D eigenvalue weighted by atomic mass is 10.2. The number of imidazole rings is 1. The molecule has 0 atom stereocenters. The van der Waals surface area contributed by atoms with Gasteiger partial charge in [-0.25, -0.2) is 9.97 Å². The lowest BCUT2D eigenvalue weighted by Crippen LogP contribution is -2.18. The van der Waals surface area contributed by atoms with Crippen LogP contribution in [0.1, 0.15) is 27.9 Å². The van der Waals surface area contributed by atoms with Gasteiger partial charge >= 0.3 is 0 Å². The molecule has 3 aromatic rings. The van der Waals surface area contributed by atoms with Gasteiger partial charge in [0.15, 0.2) is 6.29 Å². The summed E-state index contributed by atoms with van der Waals surface area (Å²) in [6.07, 6.45) is 4.71. The second kappa shape index (κ2) is 7.83. The quantitative estimate of drug-likeness (QED) is 0.691. The van der Waals surface area contributed by atoms with Crippen LogP contribution in [0.4, 0.5) is 0 Å². The highest BCUT2D eigenvalue weighted by molar-refractivity contribution is 5.99. The normalized spacial score (nSPS) is 14.4. The van der Waals surface area contributed by atoms with E-state index < -0.39 is 6.29 Å². The molecule has 1 amide bonds. The molecule has 9 nitrogen and oxygen atoms in total. The minimum atomic E-state index is -0.521. The monoisotopic (exact) mass is 384 g/mol. The van der Waals surface area contributed by atoms with Gasteiger partial charge in [0, 0.05) is 25.5 Å². The van der Waals surface area contributed by atoms with Crippen molar-refractivity contribution in [1.29, 1.82) is 0 Å². The van der Waals surface area contributed by atoms with E-state index in [-0.39, 0.29) is 12.5 Å². The average molecular weight is 384 g/mol. The van der Waals surface area contributed by atoms with Crippen LogP contribution in [0.25, 0.3) is 5.65 Å². The highest BCUT2D eigenvalue weighted by Crippen LogP contribution is 2.33. The minimum absolute atomic E-state index is 0.194. The van der Waals surface area contributed by atoms with Gasteiger partial charge in [0.25, 0.3) is 5.91 Å². The Morgan fingerprint density at radius 2 is 2.21 bits per heavy atom. The first-order chi connectivity index (χ1) is 13.7. The molecule has 9 heteroatoms. The molecule has 146 valence electrons. The first-order valence-electron chi connectivity index (χ1n) is 8.78.